The fraction of sp³-hybridized carbons (Fsp3) is 0.520. The largest absolute Gasteiger partial charge is 0.493 e. The van der Waals surface area contributed by atoms with Crippen molar-refractivity contribution in [2.24, 2.45) is 16.3 Å². The van der Waals surface area contributed by atoms with Gasteiger partial charge in [0.1, 0.15) is 0 Å². The van der Waals surface area contributed by atoms with E-state index in [1.54, 1.807) is 13.2 Å². The summed E-state index contributed by atoms with van der Waals surface area (Å²) in [4.78, 5) is 19.6. The third kappa shape index (κ3) is 4.61. The molecule has 162 valence electrons. The molecule has 1 fully saturated rings. The van der Waals surface area contributed by atoms with Gasteiger partial charge in [-0.2, -0.15) is 0 Å². The number of carbonyl (C=O) groups is 1. The van der Waals surface area contributed by atoms with Crippen LogP contribution in [0.15, 0.2) is 64.2 Å². The van der Waals surface area contributed by atoms with Crippen LogP contribution >= 0.6 is 0 Å². The summed E-state index contributed by atoms with van der Waals surface area (Å²) in [6.45, 7) is 14.0. The number of ether oxygens (including phenoxy) is 2. The van der Waals surface area contributed by atoms with Crippen LogP contribution in [0.4, 0.5) is 0 Å². The van der Waals surface area contributed by atoms with Gasteiger partial charge in [0.05, 0.1) is 31.0 Å². The summed E-state index contributed by atoms with van der Waals surface area (Å²) in [6.07, 6.45) is 12.2. The van der Waals surface area contributed by atoms with Gasteiger partial charge in [-0.3, -0.25) is 9.79 Å². The third-order valence-corrected chi connectivity index (χ3v) is 6.44. The van der Waals surface area contributed by atoms with Crippen molar-refractivity contribution < 1.29 is 14.3 Å². The number of hydrogen-bond donors (Lipinski definition) is 0. The smallest absolute Gasteiger partial charge is 0.256 e. The van der Waals surface area contributed by atoms with Crippen molar-refractivity contribution in [3.05, 3.63) is 59.2 Å². The van der Waals surface area contributed by atoms with E-state index in [4.69, 9.17) is 9.47 Å². The summed E-state index contributed by atoms with van der Waals surface area (Å²) in [5.41, 5.74) is 2.43. The van der Waals surface area contributed by atoms with E-state index >= 15 is 0 Å². The van der Waals surface area contributed by atoms with Gasteiger partial charge in [0.15, 0.2) is 11.5 Å². The highest BCUT2D eigenvalue weighted by Crippen LogP contribution is 2.32. The fourth-order valence-corrected chi connectivity index (χ4v) is 3.62. The molecule has 0 aromatic heterocycles. The Balaban J connectivity index is 1.90. The van der Waals surface area contributed by atoms with Gasteiger partial charge in [-0.1, -0.05) is 40.3 Å². The second-order valence-corrected chi connectivity index (χ2v) is 9.13. The van der Waals surface area contributed by atoms with Crippen molar-refractivity contribution in [2.45, 2.75) is 53.0 Å². The van der Waals surface area contributed by atoms with Gasteiger partial charge < -0.3 is 14.4 Å². The van der Waals surface area contributed by atoms with Gasteiger partial charge in [0, 0.05) is 18.2 Å². The van der Waals surface area contributed by atoms with Crippen LogP contribution in [0.5, 0.6) is 0 Å². The number of aliphatic imine (C=N–C) groups is 1. The first-order chi connectivity index (χ1) is 14.3. The standard InChI is InChI=1S/C25H34N2O3/c1-7-22(29-6)23(30-16-25(4,5)17(2)3)14-18-10-11-21-20(13-18)24(28)27-12-8-9-19(27)15-26-21/h7,11,13-15,17,19H,1,8-10,12,16H2,2-6H3/b18-14+,23-22-. The summed E-state index contributed by atoms with van der Waals surface area (Å²) in [7, 11) is 1.61. The lowest BCUT2D eigenvalue weighted by Crippen LogP contribution is -2.36. The van der Waals surface area contributed by atoms with E-state index in [1.807, 2.05) is 29.3 Å². The van der Waals surface area contributed by atoms with Gasteiger partial charge in [0.25, 0.3) is 5.91 Å². The van der Waals surface area contributed by atoms with Crippen LogP contribution < -0.4 is 0 Å². The first-order valence-electron chi connectivity index (χ1n) is 10.8. The quantitative estimate of drug-likeness (QED) is 0.441. The Labute approximate surface area is 180 Å². The molecule has 5 heteroatoms. The Morgan fingerprint density at radius 3 is 2.83 bits per heavy atom. The van der Waals surface area contributed by atoms with Crippen molar-refractivity contribution in [2.75, 3.05) is 20.3 Å². The number of methoxy groups -OCH3 is 1. The molecule has 0 aromatic carbocycles. The van der Waals surface area contributed by atoms with Crippen LogP contribution in [0.2, 0.25) is 0 Å². The molecular formula is C25H34N2O3. The topological polar surface area (TPSA) is 51.1 Å². The molecule has 1 atom stereocenters. The van der Waals surface area contributed by atoms with Crippen LogP contribution in [0.1, 0.15) is 47.0 Å². The number of allylic oxidation sites excluding steroid dienone is 5. The Hall–Kier alpha value is -2.56. The molecule has 1 aliphatic carbocycles. The van der Waals surface area contributed by atoms with Crippen LogP contribution in [-0.4, -0.2) is 43.3 Å². The normalized spacial score (nSPS) is 23.4. The number of carbonyl (C=O) groups excluding carboxylic acids is 1. The number of hydrogen-bond acceptors (Lipinski definition) is 4. The molecule has 0 saturated carbocycles. The zero-order chi connectivity index (χ0) is 21.9. The zero-order valence-electron chi connectivity index (χ0n) is 18.9. The Kier molecular flexibility index (Phi) is 6.69. The highest BCUT2D eigenvalue weighted by atomic mass is 16.5. The number of amides is 1. The minimum atomic E-state index is 0.0125. The van der Waals surface area contributed by atoms with Gasteiger partial charge in [-0.05, 0) is 49.0 Å². The number of nitrogens with zero attached hydrogens (tertiary/aromatic N) is 2. The second kappa shape index (κ2) is 9.07. The molecular weight excluding hydrogens is 376 g/mol. The lowest BCUT2D eigenvalue weighted by molar-refractivity contribution is -0.126. The average Bonchev–Trinajstić information content (AvgIpc) is 3.15. The lowest BCUT2D eigenvalue weighted by atomic mass is 9.82. The molecule has 0 radical (unpaired) electrons. The molecule has 1 unspecified atom stereocenters. The van der Waals surface area contributed by atoms with Crippen molar-refractivity contribution in [3.63, 3.8) is 0 Å². The maximum absolute atomic E-state index is 13.1. The van der Waals surface area contributed by atoms with E-state index in [9.17, 15) is 4.79 Å². The molecule has 1 amide bonds. The van der Waals surface area contributed by atoms with Crippen molar-refractivity contribution >= 4 is 12.1 Å². The second-order valence-electron chi connectivity index (χ2n) is 9.13. The molecule has 3 rings (SSSR count). The summed E-state index contributed by atoms with van der Waals surface area (Å²) in [6, 6.07) is 0.121. The fourth-order valence-electron chi connectivity index (χ4n) is 3.62. The molecule has 2 aliphatic heterocycles. The summed E-state index contributed by atoms with van der Waals surface area (Å²) in [5.74, 6) is 1.75. The number of fused-ring (bicyclic) bond motifs is 2. The van der Waals surface area contributed by atoms with Crippen LogP contribution in [-0.2, 0) is 14.3 Å². The maximum atomic E-state index is 13.1. The molecule has 2 heterocycles. The van der Waals surface area contributed by atoms with Crippen LogP contribution in [0.25, 0.3) is 0 Å². The van der Waals surface area contributed by atoms with Crippen molar-refractivity contribution in [1.29, 1.82) is 0 Å². The highest BCUT2D eigenvalue weighted by molar-refractivity contribution is 6.02. The molecule has 1 saturated heterocycles. The SMILES string of the molecule is C=C/C(OC)=C(\C=C1\C=C2C(=O)N3CCCC3C=NC2=CC1)OCC(C)(C)C(C)C. The van der Waals surface area contributed by atoms with E-state index < -0.39 is 0 Å². The highest BCUT2D eigenvalue weighted by Gasteiger charge is 2.34. The summed E-state index contributed by atoms with van der Waals surface area (Å²) >= 11 is 0. The number of rotatable bonds is 7. The Morgan fingerprint density at radius 1 is 1.40 bits per heavy atom. The van der Waals surface area contributed by atoms with Gasteiger partial charge in [-0.25, -0.2) is 0 Å². The molecule has 0 spiro atoms. The van der Waals surface area contributed by atoms with Crippen molar-refractivity contribution in [1.82, 2.24) is 4.90 Å². The van der Waals surface area contributed by atoms with E-state index in [0.29, 0.717) is 36.0 Å². The van der Waals surface area contributed by atoms with Crippen LogP contribution in [0, 0.1) is 11.3 Å². The molecule has 0 aromatic rings. The van der Waals surface area contributed by atoms with Gasteiger partial charge in [-0.15, -0.1) is 0 Å². The van der Waals surface area contributed by atoms with E-state index in [-0.39, 0.29) is 17.4 Å². The minimum absolute atomic E-state index is 0.0125. The summed E-state index contributed by atoms with van der Waals surface area (Å²) < 4.78 is 11.7. The molecule has 0 bridgehead atoms. The van der Waals surface area contributed by atoms with Crippen molar-refractivity contribution in [3.8, 4) is 0 Å². The zero-order valence-corrected chi connectivity index (χ0v) is 18.9. The molecule has 3 aliphatic rings. The third-order valence-electron chi connectivity index (χ3n) is 6.44. The Bertz CT molecular complexity index is 856. The van der Waals surface area contributed by atoms with Gasteiger partial charge in [0.2, 0.25) is 0 Å². The predicted octanol–water partition coefficient (Wildman–Crippen LogP) is 4.95. The molecule has 5 nitrogen and oxygen atoms in total. The Morgan fingerprint density at radius 2 is 2.17 bits per heavy atom. The predicted molar refractivity (Wildman–Crippen MR) is 121 cm³/mol. The first kappa shape index (κ1) is 22.1. The maximum Gasteiger partial charge on any atom is 0.256 e. The monoisotopic (exact) mass is 410 g/mol. The van der Waals surface area contributed by atoms with Gasteiger partial charge >= 0.3 is 0 Å². The minimum Gasteiger partial charge on any atom is -0.493 e. The summed E-state index contributed by atoms with van der Waals surface area (Å²) in [5, 5.41) is 0. The van der Waals surface area contributed by atoms with E-state index in [1.165, 1.54) is 0 Å². The van der Waals surface area contributed by atoms with E-state index in [2.05, 4.69) is 39.3 Å². The molecule has 0 N–H and O–H groups in total. The molecule has 30 heavy (non-hydrogen) atoms. The van der Waals surface area contributed by atoms with E-state index in [0.717, 1.165) is 30.7 Å². The first-order valence-corrected chi connectivity index (χ1v) is 10.8. The van der Waals surface area contributed by atoms with Crippen LogP contribution in [0.3, 0.4) is 0 Å². The lowest BCUT2D eigenvalue weighted by Gasteiger charge is -2.29. The average molecular weight is 411 g/mol.